The van der Waals surface area contributed by atoms with E-state index in [1.807, 2.05) is 25.2 Å². The molecule has 0 spiro atoms. The molecule has 1 N–H and O–H groups in total. The molecule has 1 unspecified atom stereocenters. The number of nitriles is 1. The topological polar surface area (TPSA) is 54.7 Å². The summed E-state index contributed by atoms with van der Waals surface area (Å²) in [6, 6.07) is 6.00. The number of allylic oxidation sites excluding steroid dienone is 4. The fourth-order valence-corrected chi connectivity index (χ4v) is 3.57. The lowest BCUT2D eigenvalue weighted by atomic mass is 9.97. The molecule has 1 aromatic carbocycles. The van der Waals surface area contributed by atoms with Crippen LogP contribution in [0.5, 0.6) is 0 Å². The highest BCUT2D eigenvalue weighted by molar-refractivity contribution is 5.80. The van der Waals surface area contributed by atoms with Crippen molar-refractivity contribution in [3.8, 4) is 6.07 Å². The number of nitrogens with one attached hydrogen (secondary N) is 1. The lowest BCUT2D eigenvalue weighted by Crippen LogP contribution is -2.47. The number of piperazine rings is 1. The molecule has 2 heterocycles. The summed E-state index contributed by atoms with van der Waals surface area (Å²) < 4.78 is 26.9. The number of hydrogen-bond acceptors (Lipinski definition) is 4. The Hall–Kier alpha value is -3.24. The maximum absolute atomic E-state index is 13.9. The van der Waals surface area contributed by atoms with Crippen LogP contribution in [0.15, 0.2) is 71.5 Å². The minimum atomic E-state index is -0.557. The van der Waals surface area contributed by atoms with E-state index < -0.39 is 17.6 Å². The van der Waals surface area contributed by atoms with Gasteiger partial charge in [0.15, 0.2) is 0 Å². The van der Waals surface area contributed by atoms with Crippen molar-refractivity contribution in [3.05, 3.63) is 83.8 Å². The van der Waals surface area contributed by atoms with E-state index in [-0.39, 0.29) is 0 Å². The van der Waals surface area contributed by atoms with E-state index in [0.717, 1.165) is 43.8 Å². The molecule has 1 fully saturated rings. The number of amidine groups is 1. The third-order valence-electron chi connectivity index (χ3n) is 5.44. The first kappa shape index (κ1) is 22.4. The second kappa shape index (κ2) is 10.7. The van der Waals surface area contributed by atoms with Gasteiger partial charge in [-0.15, -0.1) is 0 Å². The highest BCUT2D eigenvalue weighted by Gasteiger charge is 2.19. The summed E-state index contributed by atoms with van der Waals surface area (Å²) in [5.74, 6) is -0.607. The maximum atomic E-state index is 13.9. The smallest absolute Gasteiger partial charge is 0.130 e. The van der Waals surface area contributed by atoms with Gasteiger partial charge in [0, 0.05) is 62.8 Å². The summed E-state index contributed by atoms with van der Waals surface area (Å²) in [5.41, 5.74) is 2.03. The zero-order valence-corrected chi connectivity index (χ0v) is 17.7. The third kappa shape index (κ3) is 6.12. The van der Waals surface area contributed by atoms with Crippen LogP contribution in [0.1, 0.15) is 12.5 Å². The number of dihydropyridines is 1. The zero-order valence-electron chi connectivity index (χ0n) is 17.7. The highest BCUT2D eigenvalue weighted by Crippen LogP contribution is 2.19. The molecule has 1 aromatic rings. The lowest BCUT2D eigenvalue weighted by molar-refractivity contribution is 0.173. The molecule has 162 valence electrons. The molecule has 0 bridgehead atoms. The average Bonchev–Trinajstić information content (AvgIpc) is 2.77. The molecule has 3 rings (SSSR count). The second-order valence-corrected chi connectivity index (χ2v) is 7.56. The normalized spacial score (nSPS) is 18.5. The van der Waals surface area contributed by atoms with Crippen LogP contribution in [0, 0.1) is 28.9 Å². The molecule has 7 heteroatoms. The van der Waals surface area contributed by atoms with E-state index in [9.17, 15) is 14.0 Å². The first-order valence-electron chi connectivity index (χ1n) is 10.3. The van der Waals surface area contributed by atoms with Crippen LogP contribution in [0.2, 0.25) is 0 Å². The summed E-state index contributed by atoms with van der Waals surface area (Å²) in [5, 5.41) is 12.7. The summed E-state index contributed by atoms with van der Waals surface area (Å²) in [6.07, 6.45) is 9.26. The molecular formula is C24H27F2N5. The molecule has 1 saturated heterocycles. The highest BCUT2D eigenvalue weighted by atomic mass is 19.1. The molecule has 0 radical (unpaired) electrons. The van der Waals surface area contributed by atoms with E-state index in [1.54, 1.807) is 12.3 Å². The molecule has 0 saturated carbocycles. The van der Waals surface area contributed by atoms with Crippen LogP contribution < -0.4 is 5.32 Å². The Morgan fingerprint density at radius 1 is 1.32 bits per heavy atom. The first-order valence-corrected chi connectivity index (χ1v) is 10.3. The van der Waals surface area contributed by atoms with Gasteiger partial charge < -0.3 is 10.2 Å². The second-order valence-electron chi connectivity index (χ2n) is 7.56. The molecule has 2 aliphatic heterocycles. The summed E-state index contributed by atoms with van der Waals surface area (Å²) >= 11 is 0. The van der Waals surface area contributed by atoms with Gasteiger partial charge in [-0.2, -0.15) is 5.26 Å². The minimum absolute atomic E-state index is 0.424. The fraction of sp³-hybridized carbons (Fsp3) is 0.333. The summed E-state index contributed by atoms with van der Waals surface area (Å²) in [7, 11) is 0. The molecule has 5 nitrogen and oxygen atoms in total. The number of nitrogens with zero attached hydrogens (tertiary/aromatic N) is 4. The van der Waals surface area contributed by atoms with Gasteiger partial charge in [0.2, 0.25) is 0 Å². The fourth-order valence-electron chi connectivity index (χ4n) is 3.57. The Balaban J connectivity index is 1.51. The largest absolute Gasteiger partial charge is 0.384 e. The van der Waals surface area contributed by atoms with Gasteiger partial charge in [0.1, 0.15) is 23.4 Å². The Kier molecular flexibility index (Phi) is 7.74. The van der Waals surface area contributed by atoms with E-state index in [1.165, 1.54) is 12.1 Å². The number of halogens is 2. The van der Waals surface area contributed by atoms with Gasteiger partial charge in [0.25, 0.3) is 0 Å². The van der Waals surface area contributed by atoms with Crippen LogP contribution in [-0.4, -0.2) is 48.4 Å². The SMILES string of the molecule is C=C(/C=C\N=C(C)N1CCN(Cc2ccc(F)cc2F)CC1)C(C#N)C1=CC=CCN1. The monoisotopic (exact) mass is 423 g/mol. The summed E-state index contributed by atoms with van der Waals surface area (Å²) in [4.78, 5) is 8.82. The molecular weight excluding hydrogens is 396 g/mol. The molecule has 1 atom stereocenters. The Morgan fingerprint density at radius 3 is 2.74 bits per heavy atom. The van der Waals surface area contributed by atoms with Crippen LogP contribution in [0.25, 0.3) is 0 Å². The van der Waals surface area contributed by atoms with Crippen LogP contribution in [0.3, 0.4) is 0 Å². The Labute approximate surface area is 182 Å². The van der Waals surface area contributed by atoms with Crippen LogP contribution in [-0.2, 0) is 6.54 Å². The van der Waals surface area contributed by atoms with Gasteiger partial charge in [-0.25, -0.2) is 13.8 Å². The van der Waals surface area contributed by atoms with Crippen molar-refractivity contribution in [2.24, 2.45) is 10.9 Å². The van der Waals surface area contributed by atoms with Crippen molar-refractivity contribution in [3.63, 3.8) is 0 Å². The van der Waals surface area contributed by atoms with Gasteiger partial charge >= 0.3 is 0 Å². The van der Waals surface area contributed by atoms with E-state index in [4.69, 9.17) is 0 Å². The molecule has 0 amide bonds. The van der Waals surface area contributed by atoms with E-state index in [0.29, 0.717) is 24.2 Å². The third-order valence-corrected chi connectivity index (χ3v) is 5.44. The molecule has 0 aliphatic carbocycles. The number of hydrogen-bond donors (Lipinski definition) is 1. The zero-order chi connectivity index (χ0) is 22.2. The molecule has 0 aromatic heterocycles. The minimum Gasteiger partial charge on any atom is -0.384 e. The number of aliphatic imine (C=N–C) groups is 1. The van der Waals surface area contributed by atoms with Crippen molar-refractivity contribution in [1.29, 1.82) is 5.26 Å². The van der Waals surface area contributed by atoms with Gasteiger partial charge in [-0.05, 0) is 30.7 Å². The van der Waals surface area contributed by atoms with Gasteiger partial charge in [-0.3, -0.25) is 4.90 Å². The number of benzene rings is 1. The predicted octanol–water partition coefficient (Wildman–Crippen LogP) is 3.75. The van der Waals surface area contributed by atoms with Crippen molar-refractivity contribution in [2.45, 2.75) is 13.5 Å². The van der Waals surface area contributed by atoms with E-state index >= 15 is 0 Å². The number of rotatable bonds is 6. The van der Waals surface area contributed by atoms with Crippen molar-refractivity contribution < 1.29 is 8.78 Å². The Morgan fingerprint density at radius 2 is 2.10 bits per heavy atom. The van der Waals surface area contributed by atoms with Gasteiger partial charge in [-0.1, -0.05) is 24.8 Å². The first-order chi connectivity index (χ1) is 15.0. The molecule has 2 aliphatic rings. The van der Waals surface area contributed by atoms with Gasteiger partial charge in [0.05, 0.1) is 6.07 Å². The predicted molar refractivity (Wildman–Crippen MR) is 119 cm³/mol. The summed E-state index contributed by atoms with van der Waals surface area (Å²) in [6.45, 7) is 10.2. The van der Waals surface area contributed by atoms with Crippen molar-refractivity contribution >= 4 is 5.84 Å². The lowest BCUT2D eigenvalue weighted by Gasteiger charge is -2.35. The van der Waals surface area contributed by atoms with Crippen LogP contribution >= 0.6 is 0 Å². The standard InChI is InChI=1S/C24H27F2N5/c1-18(22(16-27)24-5-3-4-9-29-24)8-10-28-19(2)31-13-11-30(12-14-31)17-20-6-7-21(25)15-23(20)26/h3-8,10,15,22,29H,1,9,11-14,17H2,2H3/b10-8-,28-19?. The van der Waals surface area contributed by atoms with E-state index in [2.05, 4.69) is 32.8 Å². The average molecular weight is 424 g/mol. The van der Waals surface area contributed by atoms with Crippen molar-refractivity contribution in [2.75, 3.05) is 32.7 Å². The maximum Gasteiger partial charge on any atom is 0.130 e. The van der Waals surface area contributed by atoms with Crippen LogP contribution in [0.4, 0.5) is 8.78 Å². The Bertz CT molecular complexity index is 963. The molecule has 31 heavy (non-hydrogen) atoms. The quantitative estimate of drug-likeness (QED) is 0.430. The van der Waals surface area contributed by atoms with Crippen molar-refractivity contribution in [1.82, 2.24) is 15.1 Å².